The van der Waals surface area contributed by atoms with Gasteiger partial charge in [0.05, 0.1) is 13.3 Å². The first-order valence-electron chi connectivity index (χ1n) is 7.16. The van der Waals surface area contributed by atoms with Gasteiger partial charge in [-0.3, -0.25) is 4.68 Å². The molecule has 1 aromatic carbocycles. The maximum atomic E-state index is 5.32. The summed E-state index contributed by atoms with van der Waals surface area (Å²) in [4.78, 5) is 0. The third-order valence-electron chi connectivity index (χ3n) is 4.04. The maximum absolute atomic E-state index is 5.32. The van der Waals surface area contributed by atoms with Gasteiger partial charge in [-0.1, -0.05) is 12.1 Å². The molecule has 3 rings (SSSR count). The summed E-state index contributed by atoms with van der Waals surface area (Å²) in [5.41, 5.74) is 3.67. The van der Waals surface area contributed by atoms with Gasteiger partial charge in [0.25, 0.3) is 0 Å². The van der Waals surface area contributed by atoms with Crippen LogP contribution >= 0.6 is 0 Å². The SMILES string of the molecule is COc1cccc(-c2cnn(C)c2CC2CCCN2)c1. The number of benzene rings is 1. The Kier molecular flexibility index (Phi) is 3.74. The standard InChI is InChI=1S/C16H21N3O/c1-19-16(10-13-6-4-8-17-13)15(11-18-19)12-5-3-7-14(9-12)20-2/h3,5,7,9,11,13,17H,4,6,8,10H2,1-2H3. The molecule has 1 aliphatic heterocycles. The third-order valence-corrected chi connectivity index (χ3v) is 4.04. The quantitative estimate of drug-likeness (QED) is 0.928. The number of ether oxygens (including phenoxy) is 1. The monoisotopic (exact) mass is 271 g/mol. The Bertz CT molecular complexity index is 585. The van der Waals surface area contributed by atoms with Crippen molar-refractivity contribution in [2.75, 3.05) is 13.7 Å². The first kappa shape index (κ1) is 13.2. The molecule has 2 aromatic rings. The molecule has 0 bridgehead atoms. The van der Waals surface area contributed by atoms with Gasteiger partial charge >= 0.3 is 0 Å². The Morgan fingerprint density at radius 3 is 3.10 bits per heavy atom. The number of aryl methyl sites for hydroxylation is 1. The van der Waals surface area contributed by atoms with Crippen molar-refractivity contribution in [3.05, 3.63) is 36.2 Å². The van der Waals surface area contributed by atoms with E-state index in [0.29, 0.717) is 6.04 Å². The van der Waals surface area contributed by atoms with Gasteiger partial charge in [-0.05, 0) is 37.1 Å². The second-order valence-electron chi connectivity index (χ2n) is 5.36. The summed E-state index contributed by atoms with van der Waals surface area (Å²) >= 11 is 0. The zero-order valence-corrected chi connectivity index (χ0v) is 12.1. The van der Waals surface area contributed by atoms with Crippen LogP contribution in [0.25, 0.3) is 11.1 Å². The largest absolute Gasteiger partial charge is 0.497 e. The maximum Gasteiger partial charge on any atom is 0.119 e. The van der Waals surface area contributed by atoms with E-state index in [2.05, 4.69) is 22.5 Å². The van der Waals surface area contributed by atoms with Gasteiger partial charge in [-0.25, -0.2) is 0 Å². The summed E-state index contributed by atoms with van der Waals surface area (Å²) in [5.74, 6) is 0.885. The summed E-state index contributed by atoms with van der Waals surface area (Å²) in [6.07, 6.45) is 5.52. The van der Waals surface area contributed by atoms with Crippen LogP contribution in [-0.2, 0) is 13.5 Å². The van der Waals surface area contributed by atoms with E-state index < -0.39 is 0 Å². The van der Waals surface area contributed by atoms with Gasteiger partial charge in [0.1, 0.15) is 5.75 Å². The number of hydrogen-bond acceptors (Lipinski definition) is 3. The topological polar surface area (TPSA) is 39.1 Å². The molecular weight excluding hydrogens is 250 g/mol. The molecule has 0 amide bonds. The third kappa shape index (κ3) is 2.56. The number of aromatic nitrogens is 2. The van der Waals surface area contributed by atoms with Crippen molar-refractivity contribution in [1.82, 2.24) is 15.1 Å². The molecule has 1 atom stereocenters. The van der Waals surface area contributed by atoms with Crippen LogP contribution in [0.1, 0.15) is 18.5 Å². The van der Waals surface area contributed by atoms with Gasteiger partial charge in [-0.2, -0.15) is 5.10 Å². The molecule has 4 nitrogen and oxygen atoms in total. The highest BCUT2D eigenvalue weighted by Gasteiger charge is 2.19. The average Bonchev–Trinajstić information content (AvgIpc) is 3.11. The molecule has 1 fully saturated rings. The molecule has 0 spiro atoms. The Morgan fingerprint density at radius 2 is 2.35 bits per heavy atom. The highest BCUT2D eigenvalue weighted by atomic mass is 16.5. The van der Waals surface area contributed by atoms with E-state index >= 15 is 0 Å². The van der Waals surface area contributed by atoms with Gasteiger partial charge in [0.15, 0.2) is 0 Å². The summed E-state index contributed by atoms with van der Waals surface area (Å²) in [6.45, 7) is 1.14. The Morgan fingerprint density at radius 1 is 1.45 bits per heavy atom. The number of rotatable bonds is 4. The number of nitrogens with one attached hydrogen (secondary N) is 1. The van der Waals surface area contributed by atoms with Gasteiger partial charge < -0.3 is 10.1 Å². The minimum Gasteiger partial charge on any atom is -0.497 e. The lowest BCUT2D eigenvalue weighted by Gasteiger charge is -2.13. The summed E-state index contributed by atoms with van der Waals surface area (Å²) < 4.78 is 7.31. The van der Waals surface area contributed by atoms with E-state index in [1.807, 2.05) is 30.1 Å². The van der Waals surface area contributed by atoms with Crippen molar-refractivity contribution >= 4 is 0 Å². The van der Waals surface area contributed by atoms with E-state index in [-0.39, 0.29) is 0 Å². The minimum absolute atomic E-state index is 0.578. The van der Waals surface area contributed by atoms with Crippen LogP contribution in [-0.4, -0.2) is 29.5 Å². The van der Waals surface area contributed by atoms with Crippen molar-refractivity contribution in [3.63, 3.8) is 0 Å². The Balaban J connectivity index is 1.92. The van der Waals surface area contributed by atoms with Gasteiger partial charge in [0.2, 0.25) is 0 Å². The number of hydrogen-bond donors (Lipinski definition) is 1. The summed E-state index contributed by atoms with van der Waals surface area (Å²) in [7, 11) is 3.72. The second kappa shape index (κ2) is 5.67. The van der Waals surface area contributed by atoms with Crippen LogP contribution < -0.4 is 10.1 Å². The van der Waals surface area contributed by atoms with E-state index in [9.17, 15) is 0 Å². The van der Waals surface area contributed by atoms with Crippen LogP contribution in [0.4, 0.5) is 0 Å². The average molecular weight is 271 g/mol. The van der Waals surface area contributed by atoms with Crippen molar-refractivity contribution in [2.24, 2.45) is 7.05 Å². The summed E-state index contributed by atoms with van der Waals surface area (Å²) in [5, 5.41) is 8.00. The van der Waals surface area contributed by atoms with Crippen molar-refractivity contribution in [1.29, 1.82) is 0 Å². The fourth-order valence-electron chi connectivity index (χ4n) is 2.90. The van der Waals surface area contributed by atoms with E-state index in [1.165, 1.54) is 29.7 Å². The van der Waals surface area contributed by atoms with Crippen LogP contribution in [0, 0.1) is 0 Å². The molecule has 0 radical (unpaired) electrons. The van der Waals surface area contributed by atoms with Crippen LogP contribution in [0.15, 0.2) is 30.5 Å². The van der Waals surface area contributed by atoms with Crippen molar-refractivity contribution in [3.8, 4) is 16.9 Å². The number of nitrogens with zero attached hydrogens (tertiary/aromatic N) is 2. The summed E-state index contributed by atoms with van der Waals surface area (Å²) in [6, 6.07) is 8.76. The first-order chi connectivity index (χ1) is 9.78. The molecule has 1 saturated heterocycles. The lowest BCUT2D eigenvalue weighted by molar-refractivity contribution is 0.415. The van der Waals surface area contributed by atoms with E-state index in [1.54, 1.807) is 7.11 Å². The lowest BCUT2D eigenvalue weighted by atomic mass is 10.0. The molecule has 1 aliphatic rings. The zero-order valence-electron chi connectivity index (χ0n) is 12.1. The predicted octanol–water partition coefficient (Wildman–Crippen LogP) is 2.39. The van der Waals surface area contributed by atoms with Crippen LogP contribution in [0.3, 0.4) is 0 Å². The van der Waals surface area contributed by atoms with Crippen molar-refractivity contribution in [2.45, 2.75) is 25.3 Å². The Labute approximate surface area is 119 Å². The van der Waals surface area contributed by atoms with Crippen LogP contribution in [0.2, 0.25) is 0 Å². The zero-order chi connectivity index (χ0) is 13.9. The fourth-order valence-corrected chi connectivity index (χ4v) is 2.90. The molecule has 0 aliphatic carbocycles. The minimum atomic E-state index is 0.578. The predicted molar refractivity (Wildman–Crippen MR) is 79.9 cm³/mol. The molecule has 1 N–H and O–H groups in total. The molecule has 0 saturated carbocycles. The number of methoxy groups -OCH3 is 1. The molecule has 2 heterocycles. The molecule has 4 heteroatoms. The fraction of sp³-hybridized carbons (Fsp3) is 0.438. The Hall–Kier alpha value is -1.81. The first-order valence-corrected chi connectivity index (χ1v) is 7.16. The molecule has 1 unspecified atom stereocenters. The normalized spacial score (nSPS) is 18.4. The molecular formula is C16H21N3O. The van der Waals surface area contributed by atoms with E-state index in [4.69, 9.17) is 4.74 Å². The van der Waals surface area contributed by atoms with Gasteiger partial charge in [0, 0.05) is 30.8 Å². The van der Waals surface area contributed by atoms with E-state index in [0.717, 1.165) is 18.7 Å². The highest BCUT2D eigenvalue weighted by Crippen LogP contribution is 2.28. The molecule has 20 heavy (non-hydrogen) atoms. The van der Waals surface area contributed by atoms with Gasteiger partial charge in [-0.15, -0.1) is 0 Å². The molecule has 106 valence electrons. The molecule has 1 aromatic heterocycles. The second-order valence-corrected chi connectivity index (χ2v) is 5.36. The van der Waals surface area contributed by atoms with Crippen LogP contribution in [0.5, 0.6) is 5.75 Å². The smallest absolute Gasteiger partial charge is 0.119 e. The highest BCUT2D eigenvalue weighted by molar-refractivity contribution is 5.67. The van der Waals surface area contributed by atoms with Crippen molar-refractivity contribution < 1.29 is 4.74 Å². The lowest BCUT2D eigenvalue weighted by Crippen LogP contribution is -2.25.